The summed E-state index contributed by atoms with van der Waals surface area (Å²) in [7, 11) is 0. The van der Waals surface area contributed by atoms with Gasteiger partial charge in [0.1, 0.15) is 17.5 Å². The molecular weight excluding hydrogens is 318 g/mol. The van der Waals surface area contributed by atoms with Gasteiger partial charge in [-0.3, -0.25) is 19.7 Å². The third kappa shape index (κ3) is 3.23. The molecular formula is C18H21N5O2. The van der Waals surface area contributed by atoms with E-state index in [0.717, 1.165) is 5.01 Å². The number of carbonyl (C=O) groups is 2. The molecule has 0 saturated carbocycles. The molecule has 1 aromatic heterocycles. The highest BCUT2D eigenvalue weighted by Gasteiger charge is 2.34. The number of amides is 1. The minimum atomic E-state index is -0.879. The molecule has 25 heavy (non-hydrogen) atoms. The van der Waals surface area contributed by atoms with Gasteiger partial charge in [-0.25, -0.2) is 10.9 Å². The number of rotatable bonds is 3. The number of nitrogens with two attached hydrogens (primary N) is 1. The van der Waals surface area contributed by atoms with Gasteiger partial charge < -0.3 is 0 Å². The topological polar surface area (TPSA) is 104 Å². The molecule has 0 fully saturated rings. The van der Waals surface area contributed by atoms with Gasteiger partial charge in [0.25, 0.3) is 5.91 Å². The Kier molecular flexibility index (Phi) is 4.26. The van der Waals surface area contributed by atoms with Crippen molar-refractivity contribution in [1.29, 1.82) is 0 Å². The van der Waals surface area contributed by atoms with Crippen LogP contribution >= 0.6 is 0 Å². The normalized spacial score (nSPS) is 17.8. The number of H-pyrrole nitrogens is 1. The van der Waals surface area contributed by atoms with E-state index in [2.05, 4.69) is 15.2 Å². The average Bonchev–Trinajstić information content (AvgIpc) is 3.07. The van der Waals surface area contributed by atoms with Crippen LogP contribution in [0.25, 0.3) is 0 Å². The molecule has 0 bridgehead atoms. The van der Waals surface area contributed by atoms with E-state index in [1.807, 2.05) is 32.9 Å². The fourth-order valence-electron chi connectivity index (χ4n) is 2.65. The van der Waals surface area contributed by atoms with Crippen LogP contribution in [0, 0.1) is 5.41 Å². The van der Waals surface area contributed by atoms with E-state index in [4.69, 9.17) is 5.84 Å². The predicted molar refractivity (Wildman–Crippen MR) is 95.2 cm³/mol. The number of para-hydroxylation sites is 1. The Morgan fingerprint density at radius 3 is 2.64 bits per heavy atom. The minimum Gasteiger partial charge on any atom is -0.299 e. The maximum atomic E-state index is 12.8. The van der Waals surface area contributed by atoms with Crippen molar-refractivity contribution >= 4 is 23.1 Å². The van der Waals surface area contributed by atoms with Gasteiger partial charge in [0.2, 0.25) is 0 Å². The van der Waals surface area contributed by atoms with E-state index in [1.165, 1.54) is 0 Å². The van der Waals surface area contributed by atoms with Crippen LogP contribution < -0.4 is 10.9 Å². The number of benzodiazepines with no additional fused rings is 1. The molecule has 1 unspecified atom stereocenters. The van der Waals surface area contributed by atoms with Crippen molar-refractivity contribution < 1.29 is 9.59 Å². The summed E-state index contributed by atoms with van der Waals surface area (Å²) in [6.07, 6.45) is 1.68. The number of carbonyl (C=O) groups excluding carboxylic acids is 2. The SMILES string of the molecule is CC(C)(C)C(=O)CC1N=C(c2cc[nH]n2)c2ccccc2N(N)C1=O. The first-order chi connectivity index (χ1) is 11.8. The Labute approximate surface area is 145 Å². The standard InChI is InChI=1S/C18H21N5O2/c1-18(2,3)15(24)10-13-17(25)23(19)14-7-5-4-6-11(14)16(21-13)12-8-9-20-22-12/h4-9,13H,10,19H2,1-3H3,(H,20,22). The maximum absolute atomic E-state index is 12.8. The van der Waals surface area contributed by atoms with Gasteiger partial charge in [-0.05, 0) is 12.1 Å². The summed E-state index contributed by atoms with van der Waals surface area (Å²) in [6.45, 7) is 5.47. The molecule has 7 nitrogen and oxygen atoms in total. The second kappa shape index (κ2) is 6.25. The lowest BCUT2D eigenvalue weighted by molar-refractivity contribution is -0.129. The molecule has 0 saturated heterocycles. The zero-order chi connectivity index (χ0) is 18.2. The number of hydrogen-bond acceptors (Lipinski definition) is 5. The van der Waals surface area contributed by atoms with Crippen LogP contribution in [0.1, 0.15) is 38.4 Å². The Bertz CT molecular complexity index is 833. The molecule has 2 aromatic rings. The van der Waals surface area contributed by atoms with Crippen LogP contribution in [0.4, 0.5) is 5.69 Å². The molecule has 3 N–H and O–H groups in total. The zero-order valence-electron chi connectivity index (χ0n) is 14.5. The summed E-state index contributed by atoms with van der Waals surface area (Å²) in [5.41, 5.74) is 1.84. The fourth-order valence-corrected chi connectivity index (χ4v) is 2.65. The largest absolute Gasteiger partial charge is 0.299 e. The van der Waals surface area contributed by atoms with E-state index >= 15 is 0 Å². The van der Waals surface area contributed by atoms with Gasteiger partial charge in [-0.15, -0.1) is 0 Å². The van der Waals surface area contributed by atoms with Crippen LogP contribution in [0.2, 0.25) is 0 Å². The molecule has 0 radical (unpaired) electrons. The number of fused-ring (bicyclic) bond motifs is 1. The van der Waals surface area contributed by atoms with Gasteiger partial charge in [-0.1, -0.05) is 39.0 Å². The molecule has 7 heteroatoms. The molecule has 1 aliphatic rings. The third-order valence-electron chi connectivity index (χ3n) is 4.18. The molecule has 0 aliphatic carbocycles. The van der Waals surface area contributed by atoms with Gasteiger partial charge >= 0.3 is 0 Å². The molecule has 2 heterocycles. The van der Waals surface area contributed by atoms with Crippen molar-refractivity contribution in [2.45, 2.75) is 33.2 Å². The fraction of sp³-hybridized carbons (Fsp3) is 0.333. The second-order valence-electron chi connectivity index (χ2n) is 7.06. The number of aromatic nitrogens is 2. The number of Topliss-reactive ketones (excluding diaryl/α,β-unsaturated/α-hetero) is 1. The van der Waals surface area contributed by atoms with Crippen molar-refractivity contribution in [2.24, 2.45) is 16.3 Å². The summed E-state index contributed by atoms with van der Waals surface area (Å²) in [5.74, 6) is 5.60. The molecule has 1 atom stereocenters. The highest BCUT2D eigenvalue weighted by atomic mass is 16.2. The van der Waals surface area contributed by atoms with Crippen LogP contribution in [0.5, 0.6) is 0 Å². The summed E-state index contributed by atoms with van der Waals surface area (Å²) < 4.78 is 0. The molecule has 130 valence electrons. The minimum absolute atomic E-state index is 0.00204. The summed E-state index contributed by atoms with van der Waals surface area (Å²) in [4.78, 5) is 29.8. The van der Waals surface area contributed by atoms with Crippen molar-refractivity contribution in [3.05, 3.63) is 47.8 Å². The Balaban J connectivity index is 2.11. The highest BCUT2D eigenvalue weighted by Crippen LogP contribution is 2.28. The number of anilines is 1. The lowest BCUT2D eigenvalue weighted by Gasteiger charge is -2.22. The Hall–Kier alpha value is -2.80. The molecule has 0 spiro atoms. The third-order valence-corrected chi connectivity index (χ3v) is 4.18. The van der Waals surface area contributed by atoms with Crippen LogP contribution in [0.3, 0.4) is 0 Å². The number of ketones is 1. The first kappa shape index (κ1) is 17.0. The van der Waals surface area contributed by atoms with E-state index < -0.39 is 17.4 Å². The second-order valence-corrected chi connectivity index (χ2v) is 7.06. The smallest absolute Gasteiger partial charge is 0.266 e. The quantitative estimate of drug-likeness (QED) is 0.657. The zero-order valence-corrected chi connectivity index (χ0v) is 14.5. The summed E-state index contributed by atoms with van der Waals surface area (Å²) in [5, 5.41) is 8.02. The van der Waals surface area contributed by atoms with Crippen LogP contribution in [-0.4, -0.2) is 33.6 Å². The first-order valence-corrected chi connectivity index (χ1v) is 8.08. The average molecular weight is 339 g/mol. The Morgan fingerprint density at radius 1 is 1.28 bits per heavy atom. The number of nitrogens with one attached hydrogen (secondary N) is 1. The van der Waals surface area contributed by atoms with Crippen molar-refractivity contribution in [3.63, 3.8) is 0 Å². The molecule has 1 amide bonds. The number of aromatic amines is 1. The number of hydrazine groups is 1. The van der Waals surface area contributed by atoms with E-state index in [0.29, 0.717) is 22.7 Å². The lowest BCUT2D eigenvalue weighted by atomic mass is 9.87. The van der Waals surface area contributed by atoms with Gasteiger partial charge in [0.05, 0.1) is 11.4 Å². The Morgan fingerprint density at radius 2 is 2.00 bits per heavy atom. The van der Waals surface area contributed by atoms with Crippen LogP contribution in [-0.2, 0) is 9.59 Å². The summed E-state index contributed by atoms with van der Waals surface area (Å²) >= 11 is 0. The predicted octanol–water partition coefficient (Wildman–Crippen LogP) is 1.84. The van der Waals surface area contributed by atoms with Crippen molar-refractivity contribution in [2.75, 3.05) is 5.01 Å². The monoisotopic (exact) mass is 339 g/mol. The first-order valence-electron chi connectivity index (χ1n) is 8.08. The van der Waals surface area contributed by atoms with Gasteiger partial charge in [0.15, 0.2) is 0 Å². The molecule has 3 rings (SSSR count). The van der Waals surface area contributed by atoms with Crippen molar-refractivity contribution in [3.8, 4) is 0 Å². The van der Waals surface area contributed by atoms with Gasteiger partial charge in [-0.2, -0.15) is 5.10 Å². The number of aliphatic imine (C=N–C) groups is 1. The maximum Gasteiger partial charge on any atom is 0.266 e. The number of benzene rings is 1. The van der Waals surface area contributed by atoms with E-state index in [1.54, 1.807) is 24.4 Å². The highest BCUT2D eigenvalue weighted by molar-refractivity contribution is 6.19. The lowest BCUT2D eigenvalue weighted by Crippen LogP contribution is -2.44. The number of hydrogen-bond donors (Lipinski definition) is 2. The molecule has 1 aromatic carbocycles. The summed E-state index contributed by atoms with van der Waals surface area (Å²) in [6, 6.07) is 8.13. The number of nitrogens with zero attached hydrogens (tertiary/aromatic N) is 3. The van der Waals surface area contributed by atoms with Crippen LogP contribution in [0.15, 0.2) is 41.5 Å². The van der Waals surface area contributed by atoms with E-state index in [-0.39, 0.29) is 12.2 Å². The van der Waals surface area contributed by atoms with Gasteiger partial charge in [0, 0.05) is 23.6 Å². The van der Waals surface area contributed by atoms with Crippen molar-refractivity contribution in [1.82, 2.24) is 10.2 Å². The van der Waals surface area contributed by atoms with E-state index in [9.17, 15) is 9.59 Å². The molecule has 1 aliphatic heterocycles.